The molecule has 0 atom stereocenters. The number of nitrogens with zero attached hydrogens (tertiary/aromatic N) is 6. The van der Waals surface area contributed by atoms with Crippen LogP contribution in [0.15, 0.2) is 47.4 Å². The second-order valence-electron chi connectivity index (χ2n) is 11.1. The van der Waals surface area contributed by atoms with Crippen molar-refractivity contribution in [1.82, 2.24) is 29.2 Å². The van der Waals surface area contributed by atoms with Crippen molar-refractivity contribution in [3.63, 3.8) is 0 Å². The highest BCUT2D eigenvalue weighted by molar-refractivity contribution is 5.77. The average molecular weight is 530 g/mol. The molecule has 1 aromatic carbocycles. The van der Waals surface area contributed by atoms with Gasteiger partial charge in [0.1, 0.15) is 22.8 Å². The number of rotatable bonds is 7. The molecule has 4 aromatic rings. The second kappa shape index (κ2) is 9.77. The van der Waals surface area contributed by atoms with Gasteiger partial charge in [0.15, 0.2) is 11.5 Å². The largest absolute Gasteiger partial charge is 0.490 e. The first kappa shape index (κ1) is 25.5. The van der Waals surface area contributed by atoms with E-state index < -0.39 is 5.60 Å². The highest BCUT2D eigenvalue weighted by Gasteiger charge is 2.43. The van der Waals surface area contributed by atoms with Crippen LogP contribution in [0, 0.1) is 6.92 Å². The number of aromatic nitrogens is 5. The zero-order chi connectivity index (χ0) is 27.3. The Morgan fingerprint density at radius 2 is 1.90 bits per heavy atom. The Bertz CT molecular complexity index is 1580. The maximum Gasteiger partial charge on any atom is 0.278 e. The quantitative estimate of drug-likeness (QED) is 0.369. The molecule has 1 saturated carbocycles. The van der Waals surface area contributed by atoms with E-state index >= 15 is 0 Å². The Morgan fingerprint density at radius 3 is 2.59 bits per heavy atom. The Balaban J connectivity index is 1.32. The van der Waals surface area contributed by atoms with Crippen LogP contribution in [0.25, 0.3) is 16.9 Å². The summed E-state index contributed by atoms with van der Waals surface area (Å²) in [6.07, 6.45) is 5.22. The molecule has 1 aliphatic heterocycles. The molecule has 2 aliphatic rings. The topological polar surface area (TPSA) is 110 Å². The molecule has 0 radical (unpaired) electrons. The molecular formula is C29H35N7O3. The van der Waals surface area contributed by atoms with E-state index in [2.05, 4.69) is 22.2 Å². The summed E-state index contributed by atoms with van der Waals surface area (Å²) in [5.74, 6) is 1.79. The van der Waals surface area contributed by atoms with Gasteiger partial charge in [0.25, 0.3) is 5.56 Å². The summed E-state index contributed by atoms with van der Waals surface area (Å²) in [7, 11) is 2.14. The van der Waals surface area contributed by atoms with Crippen LogP contribution in [0.1, 0.15) is 56.8 Å². The Kier molecular flexibility index (Phi) is 6.39. The van der Waals surface area contributed by atoms with Gasteiger partial charge in [0, 0.05) is 31.0 Å². The minimum absolute atomic E-state index is 0.141. The third-order valence-corrected chi connectivity index (χ3v) is 7.65. The fraction of sp³-hybridized carbons (Fsp3) is 0.448. The fourth-order valence-corrected chi connectivity index (χ4v) is 5.19. The molecule has 39 heavy (non-hydrogen) atoms. The van der Waals surface area contributed by atoms with E-state index in [0.717, 1.165) is 42.9 Å². The molecule has 2 fully saturated rings. The van der Waals surface area contributed by atoms with Gasteiger partial charge >= 0.3 is 0 Å². The van der Waals surface area contributed by atoms with Crippen LogP contribution in [-0.4, -0.2) is 60.6 Å². The molecule has 2 N–H and O–H groups in total. The number of benzene rings is 1. The smallest absolute Gasteiger partial charge is 0.278 e. The van der Waals surface area contributed by atoms with E-state index in [-0.39, 0.29) is 17.7 Å². The molecule has 0 bridgehead atoms. The number of likely N-dealkylation sites (tertiary alicyclic amines) is 1. The number of aryl methyl sites for hydroxylation is 1. The van der Waals surface area contributed by atoms with Crippen molar-refractivity contribution in [2.45, 2.75) is 64.2 Å². The first-order valence-corrected chi connectivity index (χ1v) is 13.7. The van der Waals surface area contributed by atoms with Gasteiger partial charge in [-0.1, -0.05) is 6.07 Å². The number of piperidine rings is 1. The lowest BCUT2D eigenvalue weighted by Crippen LogP contribution is -2.35. The van der Waals surface area contributed by atoms with E-state index in [1.165, 1.54) is 0 Å². The molecular weight excluding hydrogens is 494 g/mol. The molecule has 6 rings (SSSR count). The molecule has 0 unspecified atom stereocenters. The van der Waals surface area contributed by atoms with Crippen LogP contribution in [-0.2, 0) is 5.60 Å². The second-order valence-corrected chi connectivity index (χ2v) is 11.1. The van der Waals surface area contributed by atoms with E-state index in [1.54, 1.807) is 15.6 Å². The SMILES string of the molecule is Cc1cc(Nc2ncc3c(=O)n(C(C)C)n(-c4cccc(C5(O)CC5)n4)c3n2)ccc1OC1CCN(C)CC1. The lowest BCUT2D eigenvalue weighted by Gasteiger charge is -2.29. The lowest BCUT2D eigenvalue weighted by molar-refractivity contribution is 0.113. The summed E-state index contributed by atoms with van der Waals surface area (Å²) in [6, 6.07) is 11.3. The van der Waals surface area contributed by atoms with Crippen LogP contribution < -0.4 is 15.6 Å². The van der Waals surface area contributed by atoms with Crippen LogP contribution in [0.4, 0.5) is 11.6 Å². The molecule has 3 aromatic heterocycles. The van der Waals surface area contributed by atoms with Gasteiger partial charge in [0.05, 0.1) is 5.69 Å². The third kappa shape index (κ3) is 4.90. The number of pyridine rings is 1. The number of hydrogen-bond acceptors (Lipinski definition) is 8. The summed E-state index contributed by atoms with van der Waals surface area (Å²) >= 11 is 0. The van der Waals surface area contributed by atoms with E-state index in [1.807, 2.05) is 57.2 Å². The molecule has 4 heterocycles. The van der Waals surface area contributed by atoms with Gasteiger partial charge in [0.2, 0.25) is 5.95 Å². The third-order valence-electron chi connectivity index (χ3n) is 7.65. The number of aliphatic hydroxyl groups is 1. The molecule has 1 saturated heterocycles. The zero-order valence-electron chi connectivity index (χ0n) is 22.9. The Labute approximate surface area is 227 Å². The van der Waals surface area contributed by atoms with Crippen molar-refractivity contribution in [3.8, 4) is 11.6 Å². The molecule has 1 aliphatic carbocycles. The van der Waals surface area contributed by atoms with Gasteiger partial charge in [-0.15, -0.1) is 0 Å². The van der Waals surface area contributed by atoms with Crippen LogP contribution in [0.2, 0.25) is 0 Å². The van der Waals surface area contributed by atoms with Crippen LogP contribution in [0.3, 0.4) is 0 Å². The Morgan fingerprint density at radius 1 is 1.13 bits per heavy atom. The minimum Gasteiger partial charge on any atom is -0.490 e. The molecule has 10 nitrogen and oxygen atoms in total. The van der Waals surface area contributed by atoms with E-state index in [4.69, 9.17) is 14.7 Å². The predicted molar refractivity (Wildman–Crippen MR) is 150 cm³/mol. The standard InChI is InChI=1S/C29H35N7O3/c1-18(2)35-27(37)22-17-30-28(33-26(22)36(35)25-7-5-6-24(32-25)29(38)12-13-29)31-20-8-9-23(19(3)16-20)39-21-10-14-34(4)15-11-21/h5-9,16-18,21,38H,10-15H2,1-4H3,(H,30,31,33). The van der Waals surface area contributed by atoms with Gasteiger partial charge in [-0.25, -0.2) is 19.3 Å². The predicted octanol–water partition coefficient (Wildman–Crippen LogP) is 4.06. The maximum absolute atomic E-state index is 13.3. The van der Waals surface area contributed by atoms with Crippen molar-refractivity contribution in [2.24, 2.45) is 0 Å². The van der Waals surface area contributed by atoms with Crippen molar-refractivity contribution in [2.75, 3.05) is 25.5 Å². The highest BCUT2D eigenvalue weighted by Crippen LogP contribution is 2.44. The van der Waals surface area contributed by atoms with Crippen molar-refractivity contribution in [3.05, 3.63) is 64.2 Å². The summed E-state index contributed by atoms with van der Waals surface area (Å²) in [5.41, 5.74) is 1.85. The van der Waals surface area contributed by atoms with Crippen molar-refractivity contribution in [1.29, 1.82) is 0 Å². The summed E-state index contributed by atoms with van der Waals surface area (Å²) in [5, 5.41) is 14.3. The molecule has 0 spiro atoms. The summed E-state index contributed by atoms with van der Waals surface area (Å²) in [4.78, 5) is 29.6. The molecule has 10 heteroatoms. The number of anilines is 2. The van der Waals surface area contributed by atoms with Crippen LogP contribution in [0.5, 0.6) is 5.75 Å². The Hall–Kier alpha value is -3.76. The number of hydrogen-bond donors (Lipinski definition) is 2. The molecule has 0 amide bonds. The highest BCUT2D eigenvalue weighted by atomic mass is 16.5. The van der Waals surface area contributed by atoms with Gasteiger partial charge < -0.3 is 20.1 Å². The number of fused-ring (bicyclic) bond motifs is 1. The van der Waals surface area contributed by atoms with Crippen molar-refractivity contribution < 1.29 is 9.84 Å². The van der Waals surface area contributed by atoms with E-state index in [0.29, 0.717) is 41.3 Å². The number of ether oxygens (including phenoxy) is 1. The fourth-order valence-electron chi connectivity index (χ4n) is 5.19. The zero-order valence-corrected chi connectivity index (χ0v) is 22.9. The van der Waals surface area contributed by atoms with Gasteiger partial charge in [-0.3, -0.25) is 4.79 Å². The van der Waals surface area contributed by atoms with E-state index in [9.17, 15) is 9.90 Å². The summed E-state index contributed by atoms with van der Waals surface area (Å²) in [6.45, 7) is 8.02. The summed E-state index contributed by atoms with van der Waals surface area (Å²) < 4.78 is 9.65. The van der Waals surface area contributed by atoms with Crippen molar-refractivity contribution >= 4 is 22.7 Å². The average Bonchev–Trinajstić information content (AvgIpc) is 3.60. The first-order valence-electron chi connectivity index (χ1n) is 13.7. The van der Waals surface area contributed by atoms with Gasteiger partial charge in [-0.05, 0) is 89.4 Å². The molecule has 204 valence electrons. The first-order chi connectivity index (χ1) is 18.7. The minimum atomic E-state index is -0.884. The monoisotopic (exact) mass is 529 g/mol. The maximum atomic E-state index is 13.3. The number of nitrogens with one attached hydrogen (secondary N) is 1. The normalized spacial score (nSPS) is 17.6. The lowest BCUT2D eigenvalue weighted by atomic mass is 10.1. The van der Waals surface area contributed by atoms with Crippen LogP contribution >= 0.6 is 0 Å². The van der Waals surface area contributed by atoms with Gasteiger partial charge in [-0.2, -0.15) is 4.98 Å².